The van der Waals surface area contributed by atoms with Gasteiger partial charge >= 0.3 is 0 Å². The second-order valence-corrected chi connectivity index (χ2v) is 6.58. The molecule has 0 aromatic heterocycles. The quantitative estimate of drug-likeness (QED) is 0.887. The van der Waals surface area contributed by atoms with E-state index in [1.807, 2.05) is 0 Å². The summed E-state index contributed by atoms with van der Waals surface area (Å²) in [7, 11) is 0. The number of halogens is 2. The molecule has 2 saturated carbocycles. The van der Waals surface area contributed by atoms with Gasteiger partial charge in [0.1, 0.15) is 17.7 Å². The standard InChI is InChI=1S/C15H18BrFO2/c16-11-8-10(17)4-5-12(11)19-14-9-13(18)15(14)6-2-1-3-7-15/h4-5,8,13-14,18H,1-3,6-7,9H2. The van der Waals surface area contributed by atoms with Gasteiger partial charge in [-0.15, -0.1) is 0 Å². The molecule has 4 heteroatoms. The summed E-state index contributed by atoms with van der Waals surface area (Å²) in [5.41, 5.74) is -0.0634. The van der Waals surface area contributed by atoms with Crippen LogP contribution >= 0.6 is 15.9 Å². The van der Waals surface area contributed by atoms with Crippen molar-refractivity contribution in [2.45, 2.75) is 50.7 Å². The predicted octanol–water partition coefficient (Wildman–Crippen LogP) is 4.05. The fraction of sp³-hybridized carbons (Fsp3) is 0.600. The third kappa shape index (κ3) is 2.29. The summed E-state index contributed by atoms with van der Waals surface area (Å²) >= 11 is 3.33. The maximum Gasteiger partial charge on any atom is 0.134 e. The molecule has 104 valence electrons. The van der Waals surface area contributed by atoms with Crippen molar-refractivity contribution in [3.63, 3.8) is 0 Å². The lowest BCUT2D eigenvalue weighted by molar-refractivity contribution is -0.172. The number of ether oxygens (including phenoxy) is 1. The molecule has 3 rings (SSSR count). The Balaban J connectivity index is 1.76. The van der Waals surface area contributed by atoms with Crippen LogP contribution in [0.1, 0.15) is 38.5 Å². The topological polar surface area (TPSA) is 29.5 Å². The number of benzene rings is 1. The van der Waals surface area contributed by atoms with Gasteiger partial charge in [-0.25, -0.2) is 4.39 Å². The molecule has 0 amide bonds. The van der Waals surface area contributed by atoms with Gasteiger partial charge in [-0.1, -0.05) is 19.3 Å². The maximum atomic E-state index is 13.1. The smallest absolute Gasteiger partial charge is 0.134 e. The molecule has 2 nitrogen and oxygen atoms in total. The Morgan fingerprint density at radius 2 is 2.00 bits per heavy atom. The highest BCUT2D eigenvalue weighted by Gasteiger charge is 2.56. The molecule has 19 heavy (non-hydrogen) atoms. The van der Waals surface area contributed by atoms with Crippen molar-refractivity contribution in [1.29, 1.82) is 0 Å². The molecule has 0 saturated heterocycles. The summed E-state index contributed by atoms with van der Waals surface area (Å²) in [6.45, 7) is 0. The summed E-state index contributed by atoms with van der Waals surface area (Å²) < 4.78 is 19.7. The van der Waals surface area contributed by atoms with Crippen LogP contribution in [0.5, 0.6) is 5.75 Å². The summed E-state index contributed by atoms with van der Waals surface area (Å²) in [5, 5.41) is 10.1. The molecule has 0 radical (unpaired) electrons. The monoisotopic (exact) mass is 328 g/mol. The molecule has 2 fully saturated rings. The number of aliphatic hydroxyl groups is 1. The van der Waals surface area contributed by atoms with Crippen LogP contribution in [0.2, 0.25) is 0 Å². The Kier molecular flexibility index (Phi) is 3.56. The van der Waals surface area contributed by atoms with E-state index in [-0.39, 0.29) is 23.4 Å². The molecule has 1 aromatic rings. The van der Waals surface area contributed by atoms with E-state index in [9.17, 15) is 9.50 Å². The summed E-state index contributed by atoms with van der Waals surface area (Å²) in [5.74, 6) is 0.392. The van der Waals surface area contributed by atoms with Crippen LogP contribution in [0, 0.1) is 11.2 Å². The van der Waals surface area contributed by atoms with Gasteiger partial charge in [0.05, 0.1) is 10.6 Å². The van der Waals surface area contributed by atoms with E-state index in [0.717, 1.165) is 12.8 Å². The van der Waals surface area contributed by atoms with E-state index in [2.05, 4.69) is 15.9 Å². The Hall–Kier alpha value is -0.610. The molecule has 2 aliphatic rings. The molecule has 1 N–H and O–H groups in total. The van der Waals surface area contributed by atoms with Crippen molar-refractivity contribution in [3.05, 3.63) is 28.5 Å². The van der Waals surface area contributed by atoms with Gasteiger partial charge in [0, 0.05) is 11.8 Å². The van der Waals surface area contributed by atoms with Crippen LogP contribution < -0.4 is 4.74 Å². The normalized spacial score (nSPS) is 29.0. The van der Waals surface area contributed by atoms with Crippen molar-refractivity contribution in [2.75, 3.05) is 0 Å². The fourth-order valence-electron chi connectivity index (χ4n) is 3.48. The number of hydrogen-bond donors (Lipinski definition) is 1. The Bertz CT molecular complexity index is 471. The van der Waals surface area contributed by atoms with E-state index in [1.165, 1.54) is 31.4 Å². The van der Waals surface area contributed by atoms with Crippen molar-refractivity contribution in [2.24, 2.45) is 5.41 Å². The third-order valence-electron chi connectivity index (χ3n) is 4.69. The molecule has 2 atom stereocenters. The second kappa shape index (κ2) is 5.06. The van der Waals surface area contributed by atoms with Crippen molar-refractivity contribution < 1.29 is 14.2 Å². The van der Waals surface area contributed by atoms with Gasteiger partial charge in [0.25, 0.3) is 0 Å². The van der Waals surface area contributed by atoms with Gasteiger partial charge in [-0.05, 0) is 47.0 Å². The lowest BCUT2D eigenvalue weighted by Gasteiger charge is -2.55. The third-order valence-corrected chi connectivity index (χ3v) is 5.31. The summed E-state index contributed by atoms with van der Waals surface area (Å²) in [6.07, 6.45) is 6.17. The molecular formula is C15H18BrFO2. The first-order valence-corrected chi connectivity index (χ1v) is 7.71. The minimum Gasteiger partial charge on any atom is -0.488 e. The van der Waals surface area contributed by atoms with Gasteiger partial charge in [0.2, 0.25) is 0 Å². The van der Waals surface area contributed by atoms with Gasteiger partial charge in [-0.2, -0.15) is 0 Å². The Morgan fingerprint density at radius 3 is 2.63 bits per heavy atom. The van der Waals surface area contributed by atoms with Crippen LogP contribution in [0.15, 0.2) is 22.7 Å². The van der Waals surface area contributed by atoms with Gasteiger partial charge in [-0.3, -0.25) is 0 Å². The number of rotatable bonds is 2. The Labute approximate surface area is 121 Å². The van der Waals surface area contributed by atoms with E-state index in [4.69, 9.17) is 4.74 Å². The highest BCUT2D eigenvalue weighted by atomic mass is 79.9. The largest absolute Gasteiger partial charge is 0.488 e. The van der Waals surface area contributed by atoms with Crippen molar-refractivity contribution >= 4 is 15.9 Å². The first-order chi connectivity index (χ1) is 9.12. The van der Waals surface area contributed by atoms with Crippen LogP contribution in [0.4, 0.5) is 4.39 Å². The minimum atomic E-state index is -0.278. The van der Waals surface area contributed by atoms with Crippen molar-refractivity contribution in [3.8, 4) is 5.75 Å². The van der Waals surface area contributed by atoms with E-state index < -0.39 is 0 Å². The number of hydrogen-bond acceptors (Lipinski definition) is 2. The zero-order valence-corrected chi connectivity index (χ0v) is 12.3. The zero-order valence-electron chi connectivity index (χ0n) is 10.7. The molecular weight excluding hydrogens is 311 g/mol. The van der Waals surface area contributed by atoms with Crippen LogP contribution in [0.3, 0.4) is 0 Å². The molecule has 0 heterocycles. The molecule has 1 aromatic carbocycles. The van der Waals surface area contributed by atoms with Gasteiger partial charge in [0.15, 0.2) is 0 Å². The predicted molar refractivity (Wildman–Crippen MR) is 74.7 cm³/mol. The lowest BCUT2D eigenvalue weighted by atomic mass is 9.56. The average molecular weight is 329 g/mol. The van der Waals surface area contributed by atoms with Crippen LogP contribution in [-0.2, 0) is 0 Å². The molecule has 0 aliphatic heterocycles. The van der Waals surface area contributed by atoms with E-state index >= 15 is 0 Å². The maximum absolute atomic E-state index is 13.1. The first-order valence-electron chi connectivity index (χ1n) is 6.91. The second-order valence-electron chi connectivity index (χ2n) is 5.73. The molecule has 0 bridgehead atoms. The highest BCUT2D eigenvalue weighted by Crippen LogP contribution is 2.53. The lowest BCUT2D eigenvalue weighted by Crippen LogP contribution is -2.60. The molecule has 2 unspecified atom stereocenters. The SMILES string of the molecule is OC1CC(Oc2ccc(F)cc2Br)C12CCCCC2. The highest BCUT2D eigenvalue weighted by molar-refractivity contribution is 9.10. The number of aliphatic hydroxyl groups excluding tert-OH is 1. The average Bonchev–Trinajstić information content (AvgIpc) is 2.42. The fourth-order valence-corrected chi connectivity index (χ4v) is 3.93. The molecule has 1 spiro atoms. The summed E-state index contributed by atoms with van der Waals surface area (Å²) in [6, 6.07) is 4.47. The minimum absolute atomic E-state index is 0.0598. The van der Waals surface area contributed by atoms with Crippen LogP contribution in [0.25, 0.3) is 0 Å². The van der Waals surface area contributed by atoms with E-state index in [1.54, 1.807) is 6.07 Å². The van der Waals surface area contributed by atoms with Crippen LogP contribution in [-0.4, -0.2) is 17.3 Å². The summed E-state index contributed by atoms with van der Waals surface area (Å²) in [4.78, 5) is 0. The van der Waals surface area contributed by atoms with E-state index in [0.29, 0.717) is 16.6 Å². The first kappa shape index (κ1) is 13.4. The zero-order chi connectivity index (χ0) is 13.5. The Morgan fingerprint density at radius 1 is 1.26 bits per heavy atom. The molecule has 2 aliphatic carbocycles. The van der Waals surface area contributed by atoms with Crippen molar-refractivity contribution in [1.82, 2.24) is 0 Å². The van der Waals surface area contributed by atoms with Gasteiger partial charge < -0.3 is 9.84 Å².